The van der Waals surface area contributed by atoms with Crippen molar-refractivity contribution in [2.45, 2.75) is 13.3 Å². The Labute approximate surface area is 121 Å². The van der Waals surface area contributed by atoms with E-state index in [1.165, 1.54) is 11.8 Å². The number of nitriles is 1. The zero-order chi connectivity index (χ0) is 14.7. The summed E-state index contributed by atoms with van der Waals surface area (Å²) >= 11 is 0. The van der Waals surface area contributed by atoms with Crippen LogP contribution >= 0.6 is 0 Å². The van der Waals surface area contributed by atoms with Crippen molar-refractivity contribution < 1.29 is 4.42 Å². The fourth-order valence-electron chi connectivity index (χ4n) is 1.90. The van der Waals surface area contributed by atoms with E-state index in [1.54, 1.807) is 12.4 Å². The molecule has 0 aliphatic rings. The van der Waals surface area contributed by atoms with E-state index in [0.717, 1.165) is 11.3 Å². The van der Waals surface area contributed by atoms with Gasteiger partial charge >= 0.3 is 0 Å². The molecule has 2 aromatic heterocycles. The highest BCUT2D eigenvalue weighted by molar-refractivity contribution is 5.56. The maximum absolute atomic E-state index is 8.68. The third kappa shape index (κ3) is 2.95. The third-order valence-corrected chi connectivity index (χ3v) is 3.04. The van der Waals surface area contributed by atoms with Crippen LogP contribution in [0.5, 0.6) is 0 Å². The topological polar surface area (TPSA) is 75.6 Å². The summed E-state index contributed by atoms with van der Waals surface area (Å²) in [5, 5.41) is 8.68. The van der Waals surface area contributed by atoms with Crippen LogP contribution in [0.4, 0.5) is 0 Å². The second-order valence-electron chi connectivity index (χ2n) is 4.67. The van der Waals surface area contributed by atoms with Crippen LogP contribution in [-0.4, -0.2) is 15.0 Å². The summed E-state index contributed by atoms with van der Waals surface area (Å²) in [6.45, 7) is 2.04. The van der Waals surface area contributed by atoms with Gasteiger partial charge in [0.2, 0.25) is 5.89 Å². The van der Waals surface area contributed by atoms with E-state index < -0.39 is 0 Å². The number of aromatic nitrogens is 3. The van der Waals surface area contributed by atoms with Gasteiger partial charge in [0.1, 0.15) is 6.07 Å². The number of nitrogens with zero attached hydrogens (tertiary/aromatic N) is 4. The molecule has 0 unspecified atom stereocenters. The van der Waals surface area contributed by atoms with Crippen LogP contribution in [0.1, 0.15) is 22.8 Å². The molecule has 0 fully saturated rings. The average Bonchev–Trinajstić information content (AvgIpc) is 2.97. The van der Waals surface area contributed by atoms with E-state index in [2.05, 4.69) is 15.0 Å². The smallest absolute Gasteiger partial charge is 0.200 e. The van der Waals surface area contributed by atoms with E-state index in [-0.39, 0.29) is 0 Å². The number of hydrogen-bond donors (Lipinski definition) is 0. The fourth-order valence-corrected chi connectivity index (χ4v) is 1.90. The largest absolute Gasteiger partial charge is 0.440 e. The first-order valence-corrected chi connectivity index (χ1v) is 6.47. The van der Waals surface area contributed by atoms with E-state index in [9.17, 15) is 0 Å². The molecule has 21 heavy (non-hydrogen) atoms. The molecule has 3 aromatic rings. The molecule has 0 radical (unpaired) electrons. The lowest BCUT2D eigenvalue weighted by molar-refractivity contribution is 0.517. The summed E-state index contributed by atoms with van der Waals surface area (Å²) in [5.41, 5.74) is 3.20. The highest BCUT2D eigenvalue weighted by Gasteiger charge is 2.08. The van der Waals surface area contributed by atoms with Gasteiger partial charge in [0.15, 0.2) is 11.5 Å². The lowest BCUT2D eigenvalue weighted by Crippen LogP contribution is -1.94. The van der Waals surface area contributed by atoms with Crippen LogP contribution < -0.4 is 0 Å². The molecule has 0 bridgehead atoms. The Morgan fingerprint density at radius 3 is 2.52 bits per heavy atom. The molecule has 0 spiro atoms. The molecular weight excluding hydrogens is 264 g/mol. The van der Waals surface area contributed by atoms with Gasteiger partial charge in [-0.3, -0.25) is 4.98 Å². The van der Waals surface area contributed by atoms with Crippen LogP contribution in [0.25, 0.3) is 11.3 Å². The summed E-state index contributed by atoms with van der Waals surface area (Å²) < 4.78 is 5.73. The highest BCUT2D eigenvalue weighted by Crippen LogP contribution is 2.21. The molecule has 1 aromatic carbocycles. The van der Waals surface area contributed by atoms with Crippen molar-refractivity contribution in [3.63, 3.8) is 0 Å². The molecule has 5 heteroatoms. The van der Waals surface area contributed by atoms with Gasteiger partial charge in [0.05, 0.1) is 30.7 Å². The number of benzene rings is 1. The quantitative estimate of drug-likeness (QED) is 0.735. The lowest BCUT2D eigenvalue weighted by Gasteiger charge is -1.98. The molecule has 0 aliphatic carbocycles. The predicted molar refractivity (Wildman–Crippen MR) is 76.2 cm³/mol. The molecule has 0 atom stereocenters. The molecular formula is C16H12N4O. The summed E-state index contributed by atoms with van der Waals surface area (Å²) in [6.07, 6.45) is 5.16. The Hall–Kier alpha value is -3.00. The lowest BCUT2D eigenvalue weighted by atomic mass is 10.1. The van der Waals surface area contributed by atoms with E-state index in [4.69, 9.17) is 9.68 Å². The Bertz CT molecular complexity index is 782. The summed E-state index contributed by atoms with van der Waals surface area (Å²) in [4.78, 5) is 12.4. The van der Waals surface area contributed by atoms with Gasteiger partial charge < -0.3 is 4.42 Å². The van der Waals surface area contributed by atoms with Crippen molar-refractivity contribution in [3.05, 3.63) is 65.7 Å². The van der Waals surface area contributed by atoms with Crippen molar-refractivity contribution in [2.75, 3.05) is 0 Å². The number of aryl methyl sites for hydroxylation is 1. The summed E-state index contributed by atoms with van der Waals surface area (Å²) in [6, 6.07) is 10.0. The first-order chi connectivity index (χ1) is 10.2. The zero-order valence-electron chi connectivity index (χ0n) is 11.4. The number of hydrogen-bond acceptors (Lipinski definition) is 5. The summed E-state index contributed by atoms with van der Waals surface area (Å²) in [7, 11) is 0. The van der Waals surface area contributed by atoms with Crippen molar-refractivity contribution >= 4 is 0 Å². The van der Waals surface area contributed by atoms with E-state index >= 15 is 0 Å². The maximum Gasteiger partial charge on any atom is 0.200 e. The molecule has 102 valence electrons. The van der Waals surface area contributed by atoms with Gasteiger partial charge in [-0.1, -0.05) is 29.8 Å². The number of oxazole rings is 1. The van der Waals surface area contributed by atoms with Crippen LogP contribution in [0.2, 0.25) is 0 Å². The SMILES string of the molecule is Cc1ccc(-c2cnc(Cc3cnc(C#N)cn3)o2)cc1. The van der Waals surface area contributed by atoms with Gasteiger partial charge in [-0.15, -0.1) is 0 Å². The van der Waals surface area contributed by atoms with Gasteiger partial charge in [-0.05, 0) is 6.92 Å². The van der Waals surface area contributed by atoms with E-state index in [1.807, 2.05) is 37.3 Å². The fraction of sp³-hybridized carbons (Fsp3) is 0.125. The van der Waals surface area contributed by atoms with Crippen molar-refractivity contribution in [2.24, 2.45) is 0 Å². The first-order valence-electron chi connectivity index (χ1n) is 6.47. The van der Waals surface area contributed by atoms with Gasteiger partial charge in [0.25, 0.3) is 0 Å². The minimum Gasteiger partial charge on any atom is -0.440 e. The third-order valence-electron chi connectivity index (χ3n) is 3.04. The Morgan fingerprint density at radius 1 is 1.05 bits per heavy atom. The molecule has 0 saturated carbocycles. The monoisotopic (exact) mass is 276 g/mol. The van der Waals surface area contributed by atoms with Crippen molar-refractivity contribution in [3.8, 4) is 17.4 Å². The average molecular weight is 276 g/mol. The zero-order valence-corrected chi connectivity index (χ0v) is 11.4. The molecule has 0 amide bonds. The summed E-state index contributed by atoms with van der Waals surface area (Å²) in [5.74, 6) is 1.30. The first kappa shape index (κ1) is 13.0. The molecule has 2 heterocycles. The van der Waals surface area contributed by atoms with Crippen molar-refractivity contribution in [1.82, 2.24) is 15.0 Å². The molecule has 0 N–H and O–H groups in total. The van der Waals surface area contributed by atoms with Gasteiger partial charge in [0, 0.05) is 5.56 Å². The Morgan fingerprint density at radius 2 is 1.86 bits per heavy atom. The molecule has 0 aliphatic heterocycles. The number of rotatable bonds is 3. The van der Waals surface area contributed by atoms with Gasteiger partial charge in [-0.25, -0.2) is 9.97 Å². The molecule has 5 nitrogen and oxygen atoms in total. The van der Waals surface area contributed by atoms with E-state index in [0.29, 0.717) is 23.7 Å². The van der Waals surface area contributed by atoms with Gasteiger partial charge in [-0.2, -0.15) is 5.26 Å². The van der Waals surface area contributed by atoms with Crippen LogP contribution in [0.15, 0.2) is 47.3 Å². The molecule has 0 saturated heterocycles. The minimum absolute atomic E-state index is 0.298. The van der Waals surface area contributed by atoms with Crippen LogP contribution in [-0.2, 0) is 6.42 Å². The van der Waals surface area contributed by atoms with Crippen molar-refractivity contribution in [1.29, 1.82) is 5.26 Å². The second-order valence-corrected chi connectivity index (χ2v) is 4.67. The highest BCUT2D eigenvalue weighted by atomic mass is 16.4. The predicted octanol–water partition coefficient (Wildman–Crippen LogP) is 2.90. The van der Waals surface area contributed by atoms with Crippen LogP contribution in [0, 0.1) is 18.3 Å². The Kier molecular flexibility index (Phi) is 3.44. The Balaban J connectivity index is 1.78. The standard InChI is InChI=1S/C16H12N4O/c1-11-2-4-12(5-3-11)15-10-20-16(21-15)6-13-8-19-14(7-17)9-18-13/h2-5,8-10H,6H2,1H3. The normalized spacial score (nSPS) is 10.3. The molecule has 3 rings (SSSR count). The maximum atomic E-state index is 8.68. The minimum atomic E-state index is 0.298. The second kappa shape index (κ2) is 5.55. The van der Waals surface area contributed by atoms with Crippen LogP contribution in [0.3, 0.4) is 0 Å².